The van der Waals surface area contributed by atoms with Crippen LogP contribution in [0.15, 0.2) is 89.3 Å². The Labute approximate surface area is 186 Å². The van der Waals surface area contributed by atoms with Crippen LogP contribution in [-0.4, -0.2) is 41.3 Å². The molecule has 1 aliphatic heterocycles. The van der Waals surface area contributed by atoms with E-state index in [0.29, 0.717) is 16.8 Å². The van der Waals surface area contributed by atoms with Crippen molar-refractivity contribution in [3.63, 3.8) is 0 Å². The van der Waals surface area contributed by atoms with Crippen molar-refractivity contribution in [1.29, 1.82) is 0 Å². The lowest BCUT2D eigenvalue weighted by atomic mass is 10.0. The van der Waals surface area contributed by atoms with Crippen molar-refractivity contribution < 1.29 is 4.42 Å². The molecule has 0 bridgehead atoms. The van der Waals surface area contributed by atoms with Crippen LogP contribution in [0.3, 0.4) is 0 Å². The quantitative estimate of drug-likeness (QED) is 0.429. The fourth-order valence-electron chi connectivity index (χ4n) is 4.07. The third-order valence-corrected chi connectivity index (χ3v) is 5.93. The van der Waals surface area contributed by atoms with Gasteiger partial charge < -0.3 is 9.32 Å². The summed E-state index contributed by atoms with van der Waals surface area (Å²) in [5, 5.41) is 9.48. The molecule has 4 aromatic rings. The van der Waals surface area contributed by atoms with Gasteiger partial charge in [0.05, 0.1) is 0 Å². The van der Waals surface area contributed by atoms with E-state index >= 15 is 0 Å². The molecule has 1 aromatic heterocycles. The Bertz CT molecular complexity index is 1110. The van der Waals surface area contributed by atoms with Crippen molar-refractivity contribution in [2.45, 2.75) is 6.04 Å². The molecule has 1 atom stereocenters. The van der Waals surface area contributed by atoms with Crippen molar-refractivity contribution in [3.05, 3.63) is 101 Å². The van der Waals surface area contributed by atoms with Crippen LogP contribution in [-0.2, 0) is 0 Å². The second kappa shape index (κ2) is 8.92. The Morgan fingerprint density at radius 1 is 0.742 bits per heavy atom. The normalized spacial score (nSPS) is 15.7. The highest BCUT2D eigenvalue weighted by molar-refractivity contribution is 6.30. The highest BCUT2D eigenvalue weighted by Crippen LogP contribution is 2.32. The fourth-order valence-corrected chi connectivity index (χ4v) is 4.20. The van der Waals surface area contributed by atoms with Gasteiger partial charge >= 0.3 is 0 Å². The van der Waals surface area contributed by atoms with Gasteiger partial charge in [0.2, 0.25) is 11.8 Å². The number of halogens is 1. The number of anilines is 1. The molecule has 1 aliphatic rings. The van der Waals surface area contributed by atoms with Crippen molar-refractivity contribution in [1.82, 2.24) is 15.1 Å². The lowest BCUT2D eigenvalue weighted by Crippen LogP contribution is -2.48. The number of rotatable bonds is 5. The smallest absolute Gasteiger partial charge is 0.247 e. The molecular formula is C25H23ClN4O. The van der Waals surface area contributed by atoms with E-state index in [-0.39, 0.29) is 6.04 Å². The van der Waals surface area contributed by atoms with E-state index in [2.05, 4.69) is 50.3 Å². The molecule has 5 nitrogen and oxygen atoms in total. The maximum Gasteiger partial charge on any atom is 0.247 e. The highest BCUT2D eigenvalue weighted by atomic mass is 35.5. The zero-order valence-corrected chi connectivity index (χ0v) is 17.8. The summed E-state index contributed by atoms with van der Waals surface area (Å²) in [4.78, 5) is 4.82. The van der Waals surface area contributed by atoms with Crippen LogP contribution in [0, 0.1) is 0 Å². The van der Waals surface area contributed by atoms with E-state index in [0.717, 1.165) is 37.3 Å². The zero-order chi connectivity index (χ0) is 21.0. The van der Waals surface area contributed by atoms with E-state index in [1.807, 2.05) is 54.6 Å². The van der Waals surface area contributed by atoms with Gasteiger partial charge in [0.15, 0.2) is 0 Å². The number of piperazine rings is 1. The summed E-state index contributed by atoms with van der Waals surface area (Å²) < 4.78 is 6.17. The molecule has 0 amide bonds. The maximum atomic E-state index is 6.17. The predicted octanol–water partition coefficient (Wildman–Crippen LogP) is 5.30. The van der Waals surface area contributed by atoms with Crippen LogP contribution in [0.25, 0.3) is 11.5 Å². The Morgan fingerprint density at radius 3 is 2.06 bits per heavy atom. The average Bonchev–Trinajstić information content (AvgIpc) is 3.32. The Balaban J connectivity index is 1.42. The number of para-hydroxylation sites is 1. The Kier molecular flexibility index (Phi) is 5.69. The van der Waals surface area contributed by atoms with Crippen LogP contribution in [0.5, 0.6) is 0 Å². The van der Waals surface area contributed by atoms with Crippen LogP contribution < -0.4 is 4.90 Å². The van der Waals surface area contributed by atoms with Gasteiger partial charge in [0.1, 0.15) is 6.04 Å². The molecule has 0 N–H and O–H groups in total. The first kappa shape index (κ1) is 19.8. The predicted molar refractivity (Wildman–Crippen MR) is 123 cm³/mol. The van der Waals surface area contributed by atoms with Crippen LogP contribution in [0.4, 0.5) is 5.69 Å². The number of hydrogen-bond acceptors (Lipinski definition) is 5. The summed E-state index contributed by atoms with van der Waals surface area (Å²) in [6.45, 7) is 3.66. The van der Waals surface area contributed by atoms with Crippen molar-refractivity contribution in [3.8, 4) is 11.5 Å². The summed E-state index contributed by atoms with van der Waals surface area (Å²) in [7, 11) is 0. The lowest BCUT2D eigenvalue weighted by Gasteiger charge is -2.39. The molecule has 0 radical (unpaired) electrons. The summed E-state index contributed by atoms with van der Waals surface area (Å²) in [5.41, 5.74) is 3.28. The first-order valence-electron chi connectivity index (χ1n) is 10.5. The second-order valence-corrected chi connectivity index (χ2v) is 8.06. The number of hydrogen-bond donors (Lipinski definition) is 0. The summed E-state index contributed by atoms with van der Waals surface area (Å²) >= 11 is 6.15. The lowest BCUT2D eigenvalue weighted by molar-refractivity contribution is 0.188. The number of aromatic nitrogens is 2. The third-order valence-electron chi connectivity index (χ3n) is 5.68. The first-order valence-corrected chi connectivity index (χ1v) is 10.8. The van der Waals surface area contributed by atoms with Gasteiger partial charge in [0, 0.05) is 42.5 Å². The summed E-state index contributed by atoms with van der Waals surface area (Å²) in [6, 6.07) is 28.2. The number of nitrogens with zero attached hydrogens (tertiary/aromatic N) is 4. The van der Waals surface area contributed by atoms with Gasteiger partial charge in [-0.25, -0.2) is 0 Å². The topological polar surface area (TPSA) is 45.4 Å². The summed E-state index contributed by atoms with van der Waals surface area (Å²) in [5.74, 6) is 1.15. The molecule has 3 aromatic carbocycles. The minimum atomic E-state index is -0.111. The average molecular weight is 431 g/mol. The molecule has 0 aliphatic carbocycles. The molecule has 31 heavy (non-hydrogen) atoms. The summed E-state index contributed by atoms with van der Waals surface area (Å²) in [6.07, 6.45) is 0. The minimum absolute atomic E-state index is 0.111. The van der Waals surface area contributed by atoms with E-state index in [4.69, 9.17) is 16.0 Å². The molecule has 0 spiro atoms. The molecule has 2 heterocycles. The second-order valence-electron chi connectivity index (χ2n) is 7.62. The third kappa shape index (κ3) is 4.33. The molecule has 5 rings (SSSR count). The van der Waals surface area contributed by atoms with Crippen molar-refractivity contribution >= 4 is 17.3 Å². The van der Waals surface area contributed by atoms with Crippen molar-refractivity contribution in [2.75, 3.05) is 31.1 Å². The minimum Gasteiger partial charge on any atom is -0.419 e. The SMILES string of the molecule is Clc1ccc([C@@H](c2nnc(-c3ccccc3)o2)N2CCN(c3ccccc3)CC2)cc1. The molecular weight excluding hydrogens is 408 g/mol. The van der Waals surface area contributed by atoms with Crippen LogP contribution in [0.1, 0.15) is 17.5 Å². The fraction of sp³-hybridized carbons (Fsp3) is 0.200. The van der Waals surface area contributed by atoms with E-state index < -0.39 is 0 Å². The van der Waals surface area contributed by atoms with E-state index in [1.54, 1.807) is 0 Å². The van der Waals surface area contributed by atoms with Gasteiger partial charge in [-0.2, -0.15) is 0 Å². The highest BCUT2D eigenvalue weighted by Gasteiger charge is 2.30. The molecule has 0 unspecified atom stereocenters. The Morgan fingerprint density at radius 2 is 1.39 bits per heavy atom. The molecule has 156 valence electrons. The van der Waals surface area contributed by atoms with Crippen LogP contribution in [0.2, 0.25) is 5.02 Å². The van der Waals surface area contributed by atoms with E-state index in [1.165, 1.54) is 5.69 Å². The molecule has 1 fully saturated rings. The largest absolute Gasteiger partial charge is 0.419 e. The first-order chi connectivity index (χ1) is 15.3. The van der Waals surface area contributed by atoms with Gasteiger partial charge in [-0.3, -0.25) is 4.90 Å². The van der Waals surface area contributed by atoms with Gasteiger partial charge in [-0.05, 0) is 42.0 Å². The monoisotopic (exact) mass is 430 g/mol. The molecule has 1 saturated heterocycles. The number of benzene rings is 3. The van der Waals surface area contributed by atoms with E-state index in [9.17, 15) is 0 Å². The molecule has 6 heteroatoms. The Hall–Kier alpha value is -3.15. The van der Waals surface area contributed by atoms with Gasteiger partial charge in [-0.15, -0.1) is 10.2 Å². The zero-order valence-electron chi connectivity index (χ0n) is 17.1. The molecule has 0 saturated carbocycles. The maximum absolute atomic E-state index is 6.17. The van der Waals surface area contributed by atoms with Crippen LogP contribution >= 0.6 is 11.6 Å². The van der Waals surface area contributed by atoms with Crippen molar-refractivity contribution in [2.24, 2.45) is 0 Å². The standard InChI is InChI=1S/C25H23ClN4O/c26-21-13-11-19(12-14-21)23(25-28-27-24(31-25)20-7-3-1-4-8-20)30-17-15-29(16-18-30)22-9-5-2-6-10-22/h1-14,23H,15-18H2/t23-/m0/s1. The van der Waals surface area contributed by atoms with Gasteiger partial charge in [0.25, 0.3) is 0 Å². The van der Waals surface area contributed by atoms with Gasteiger partial charge in [-0.1, -0.05) is 60.1 Å².